The van der Waals surface area contributed by atoms with Crippen molar-refractivity contribution in [3.05, 3.63) is 38.7 Å². The highest BCUT2D eigenvalue weighted by Crippen LogP contribution is 1.96. The van der Waals surface area contributed by atoms with E-state index in [1.54, 1.807) is 6.20 Å². The Kier molecular flexibility index (Phi) is 2.76. The monoisotopic (exact) mass is 210 g/mol. The summed E-state index contributed by atoms with van der Waals surface area (Å²) in [5.74, 6) is 0. The maximum atomic E-state index is 10.8. The van der Waals surface area contributed by atoms with E-state index < -0.39 is 0 Å². The van der Waals surface area contributed by atoms with Crippen LogP contribution in [0.4, 0.5) is 0 Å². The fraction of sp³-hybridized carbons (Fsp3) is 0.250. The molecule has 6 heteroatoms. The molecule has 2 aromatic rings. The number of thiazole rings is 1. The van der Waals surface area contributed by atoms with Gasteiger partial charge in [-0.1, -0.05) is 11.3 Å². The quantitative estimate of drug-likeness (QED) is 0.686. The molecule has 0 spiro atoms. The lowest BCUT2D eigenvalue weighted by atomic mass is 10.4. The third-order valence-electron chi connectivity index (χ3n) is 1.76. The Labute approximate surface area is 84.2 Å². The van der Waals surface area contributed by atoms with Gasteiger partial charge in [0.15, 0.2) is 0 Å². The molecule has 0 aliphatic carbocycles. The lowest BCUT2D eigenvalue weighted by Gasteiger charge is -1.99. The molecule has 14 heavy (non-hydrogen) atoms. The van der Waals surface area contributed by atoms with Crippen molar-refractivity contribution in [2.45, 2.75) is 13.1 Å². The van der Waals surface area contributed by atoms with Crippen molar-refractivity contribution in [1.29, 1.82) is 0 Å². The van der Waals surface area contributed by atoms with Crippen LogP contribution in [0.5, 0.6) is 0 Å². The van der Waals surface area contributed by atoms with E-state index in [4.69, 9.17) is 0 Å². The molecule has 2 rings (SSSR count). The van der Waals surface area contributed by atoms with Gasteiger partial charge < -0.3 is 10.3 Å². The van der Waals surface area contributed by atoms with E-state index in [-0.39, 0.29) is 4.87 Å². The number of aromatic nitrogens is 3. The molecule has 2 aromatic heterocycles. The van der Waals surface area contributed by atoms with Crippen molar-refractivity contribution in [3.63, 3.8) is 0 Å². The molecule has 0 aromatic carbocycles. The van der Waals surface area contributed by atoms with Crippen LogP contribution in [0.15, 0.2) is 22.4 Å². The van der Waals surface area contributed by atoms with Gasteiger partial charge in [0.05, 0.1) is 0 Å². The smallest absolute Gasteiger partial charge is 0.304 e. The van der Waals surface area contributed by atoms with Crippen LogP contribution in [-0.2, 0) is 13.1 Å². The van der Waals surface area contributed by atoms with E-state index in [0.29, 0.717) is 6.54 Å². The predicted octanol–water partition coefficient (Wildman–Crippen LogP) is 0.449. The first-order valence-corrected chi connectivity index (χ1v) is 5.08. The lowest BCUT2D eigenvalue weighted by Crippen LogP contribution is -2.14. The average Bonchev–Trinajstić information content (AvgIpc) is 2.77. The minimum absolute atomic E-state index is 0.0108. The second-order valence-corrected chi connectivity index (χ2v) is 3.70. The number of nitrogens with one attached hydrogen (secondary N) is 3. The maximum absolute atomic E-state index is 10.8. The SMILES string of the molecule is O=c1[nH]c(CNCc2ccn[nH]2)cs1. The first-order chi connectivity index (χ1) is 6.84. The van der Waals surface area contributed by atoms with Gasteiger partial charge in [0.1, 0.15) is 0 Å². The Morgan fingerprint density at radius 3 is 2.93 bits per heavy atom. The van der Waals surface area contributed by atoms with Gasteiger partial charge in [-0.05, 0) is 6.07 Å². The summed E-state index contributed by atoms with van der Waals surface area (Å²) >= 11 is 1.18. The number of aromatic amines is 2. The highest BCUT2D eigenvalue weighted by molar-refractivity contribution is 7.07. The van der Waals surface area contributed by atoms with Crippen LogP contribution in [0, 0.1) is 0 Å². The van der Waals surface area contributed by atoms with Gasteiger partial charge >= 0.3 is 4.87 Å². The normalized spacial score (nSPS) is 10.6. The summed E-state index contributed by atoms with van der Waals surface area (Å²) in [6.07, 6.45) is 1.71. The standard InChI is InChI=1S/C8H10N4OS/c13-8-11-7(5-14-8)4-9-3-6-1-2-10-12-6/h1-2,5,9H,3-4H2,(H,10,12)(H,11,13). The van der Waals surface area contributed by atoms with Crippen molar-refractivity contribution in [2.24, 2.45) is 0 Å². The van der Waals surface area contributed by atoms with E-state index in [1.807, 2.05) is 11.4 Å². The Morgan fingerprint density at radius 2 is 2.29 bits per heavy atom. The summed E-state index contributed by atoms with van der Waals surface area (Å²) in [6.45, 7) is 1.38. The molecular weight excluding hydrogens is 200 g/mol. The third-order valence-corrected chi connectivity index (χ3v) is 2.48. The molecule has 0 atom stereocenters. The highest BCUT2D eigenvalue weighted by Gasteiger charge is 1.96. The summed E-state index contributed by atoms with van der Waals surface area (Å²) < 4.78 is 0. The van der Waals surface area contributed by atoms with Gasteiger partial charge in [-0.3, -0.25) is 9.89 Å². The van der Waals surface area contributed by atoms with Gasteiger partial charge in [0.2, 0.25) is 0 Å². The first kappa shape index (κ1) is 9.17. The Balaban J connectivity index is 1.81. The van der Waals surface area contributed by atoms with E-state index in [0.717, 1.165) is 17.9 Å². The highest BCUT2D eigenvalue weighted by atomic mass is 32.1. The van der Waals surface area contributed by atoms with Gasteiger partial charge in [-0.15, -0.1) is 0 Å². The molecule has 5 nitrogen and oxygen atoms in total. The molecule has 0 aliphatic rings. The summed E-state index contributed by atoms with van der Waals surface area (Å²) in [5.41, 5.74) is 1.95. The van der Waals surface area contributed by atoms with E-state index in [1.165, 1.54) is 11.3 Å². The molecular formula is C8H10N4OS. The van der Waals surface area contributed by atoms with Gasteiger partial charge in [0, 0.05) is 36.1 Å². The molecule has 0 aliphatic heterocycles. The van der Waals surface area contributed by atoms with Crippen LogP contribution in [-0.4, -0.2) is 15.2 Å². The Bertz CT molecular complexity index is 430. The minimum Gasteiger partial charge on any atom is -0.315 e. The zero-order chi connectivity index (χ0) is 9.80. The molecule has 3 N–H and O–H groups in total. The lowest BCUT2D eigenvalue weighted by molar-refractivity contribution is 0.667. The van der Waals surface area contributed by atoms with E-state index >= 15 is 0 Å². The molecule has 0 radical (unpaired) electrons. The number of rotatable bonds is 4. The fourth-order valence-corrected chi connectivity index (χ4v) is 1.70. The fourth-order valence-electron chi connectivity index (χ4n) is 1.12. The average molecular weight is 210 g/mol. The second-order valence-electron chi connectivity index (χ2n) is 2.86. The largest absolute Gasteiger partial charge is 0.315 e. The molecule has 0 unspecified atom stereocenters. The zero-order valence-electron chi connectivity index (χ0n) is 7.41. The predicted molar refractivity (Wildman–Crippen MR) is 54.1 cm³/mol. The van der Waals surface area contributed by atoms with Crippen LogP contribution >= 0.6 is 11.3 Å². The summed E-state index contributed by atoms with van der Waals surface area (Å²) in [4.78, 5) is 13.5. The zero-order valence-corrected chi connectivity index (χ0v) is 8.23. The van der Waals surface area contributed by atoms with E-state index in [9.17, 15) is 4.79 Å². The first-order valence-electron chi connectivity index (χ1n) is 4.20. The number of hydrogen-bond acceptors (Lipinski definition) is 4. The van der Waals surface area contributed by atoms with Crippen molar-refractivity contribution >= 4 is 11.3 Å². The second kappa shape index (κ2) is 4.21. The van der Waals surface area contributed by atoms with Crippen molar-refractivity contribution in [1.82, 2.24) is 20.5 Å². The Hall–Kier alpha value is -1.40. The van der Waals surface area contributed by atoms with Gasteiger partial charge in [-0.2, -0.15) is 5.10 Å². The molecule has 0 saturated carbocycles. The van der Waals surface area contributed by atoms with Crippen molar-refractivity contribution < 1.29 is 0 Å². The number of H-pyrrole nitrogens is 2. The van der Waals surface area contributed by atoms with Crippen LogP contribution < -0.4 is 10.2 Å². The third kappa shape index (κ3) is 2.30. The topological polar surface area (TPSA) is 73.6 Å². The molecule has 0 fully saturated rings. The number of hydrogen-bond donors (Lipinski definition) is 3. The Morgan fingerprint density at radius 1 is 1.43 bits per heavy atom. The molecule has 0 bridgehead atoms. The summed E-state index contributed by atoms with van der Waals surface area (Å²) in [7, 11) is 0. The summed E-state index contributed by atoms with van der Waals surface area (Å²) in [5, 5.41) is 11.7. The van der Waals surface area contributed by atoms with Crippen LogP contribution in [0.2, 0.25) is 0 Å². The van der Waals surface area contributed by atoms with Crippen molar-refractivity contribution in [2.75, 3.05) is 0 Å². The summed E-state index contributed by atoms with van der Waals surface area (Å²) in [6, 6.07) is 1.91. The maximum Gasteiger partial charge on any atom is 0.304 e. The molecule has 0 saturated heterocycles. The number of nitrogens with zero attached hydrogens (tertiary/aromatic N) is 1. The molecule has 2 heterocycles. The molecule has 0 amide bonds. The molecule has 74 valence electrons. The van der Waals surface area contributed by atoms with Gasteiger partial charge in [-0.25, -0.2) is 0 Å². The minimum atomic E-state index is -0.0108. The van der Waals surface area contributed by atoms with Crippen LogP contribution in [0.25, 0.3) is 0 Å². The van der Waals surface area contributed by atoms with Crippen LogP contribution in [0.1, 0.15) is 11.4 Å². The van der Waals surface area contributed by atoms with Gasteiger partial charge in [0.25, 0.3) is 0 Å². The van der Waals surface area contributed by atoms with Crippen molar-refractivity contribution in [3.8, 4) is 0 Å². The van der Waals surface area contributed by atoms with Crippen LogP contribution in [0.3, 0.4) is 0 Å². The van der Waals surface area contributed by atoms with E-state index in [2.05, 4.69) is 20.5 Å².